The first-order valence-corrected chi connectivity index (χ1v) is 13.3. The molecule has 3 saturated carbocycles. The first-order valence-electron chi connectivity index (χ1n) is 12.0. The molecule has 9 heteroatoms. The fourth-order valence-corrected chi connectivity index (χ4v) is 6.08. The lowest BCUT2D eigenvalue weighted by Crippen LogP contribution is -2.50. The predicted molar refractivity (Wildman–Crippen MR) is 131 cm³/mol. The van der Waals surface area contributed by atoms with Gasteiger partial charge in [0.2, 0.25) is 5.91 Å². The number of aliphatic hydroxyl groups excluding tert-OH is 1. The highest BCUT2D eigenvalue weighted by atomic mass is 35.5. The van der Waals surface area contributed by atoms with Crippen LogP contribution in [0, 0.1) is 11.8 Å². The van der Waals surface area contributed by atoms with Crippen LogP contribution in [0.4, 0.5) is 0 Å². The molecule has 2 amide bonds. The Morgan fingerprint density at radius 2 is 2.09 bits per heavy atom. The Hall–Kier alpha value is -2.42. The second kappa shape index (κ2) is 8.66. The van der Waals surface area contributed by atoms with Crippen LogP contribution in [-0.2, 0) is 4.79 Å². The van der Waals surface area contributed by atoms with E-state index in [-0.39, 0.29) is 30.2 Å². The van der Waals surface area contributed by atoms with E-state index in [4.69, 9.17) is 16.7 Å². The number of hydrogen-bond acceptors (Lipinski definition) is 5. The van der Waals surface area contributed by atoms with E-state index in [9.17, 15) is 9.59 Å². The Bertz CT molecular complexity index is 1250. The molecule has 0 spiro atoms. The van der Waals surface area contributed by atoms with E-state index in [1.165, 1.54) is 36.1 Å². The molecule has 0 bridgehead atoms. The van der Waals surface area contributed by atoms with Gasteiger partial charge < -0.3 is 15.3 Å². The van der Waals surface area contributed by atoms with E-state index < -0.39 is 0 Å². The van der Waals surface area contributed by atoms with E-state index in [0.29, 0.717) is 24.0 Å². The van der Waals surface area contributed by atoms with Crippen LogP contribution in [0.3, 0.4) is 0 Å². The number of piperazine rings is 1. The number of nitrogens with zero attached hydrogens (tertiary/aromatic N) is 3. The van der Waals surface area contributed by atoms with E-state index in [0.717, 1.165) is 35.0 Å². The third kappa shape index (κ3) is 4.12. The van der Waals surface area contributed by atoms with Crippen LogP contribution in [0.15, 0.2) is 29.0 Å². The number of amides is 2. The minimum absolute atomic E-state index is 0.0355. The Labute approximate surface area is 206 Å². The molecule has 0 radical (unpaired) electrons. The molecule has 3 aliphatic carbocycles. The average Bonchev–Trinajstić information content (AvgIpc) is 3.72. The van der Waals surface area contributed by atoms with Gasteiger partial charge in [0.05, 0.1) is 28.9 Å². The highest BCUT2D eigenvalue weighted by molar-refractivity contribution is 7.08. The van der Waals surface area contributed by atoms with Crippen LogP contribution in [-0.4, -0.2) is 57.2 Å². The van der Waals surface area contributed by atoms with E-state index in [1.807, 2.05) is 17.5 Å². The molecule has 178 valence electrons. The van der Waals surface area contributed by atoms with Crippen LogP contribution >= 0.6 is 22.9 Å². The maximum absolute atomic E-state index is 13.0. The summed E-state index contributed by atoms with van der Waals surface area (Å²) >= 11 is 8.23. The van der Waals surface area contributed by atoms with Gasteiger partial charge in [-0.2, -0.15) is 16.4 Å². The summed E-state index contributed by atoms with van der Waals surface area (Å²) in [6.07, 6.45) is 6.15. The fourth-order valence-electron chi connectivity index (χ4n) is 5.18. The molecular weight excluding hydrogens is 472 g/mol. The van der Waals surface area contributed by atoms with Crippen molar-refractivity contribution < 1.29 is 14.7 Å². The quantitative estimate of drug-likeness (QED) is 0.572. The Balaban J connectivity index is 0.000000263. The maximum Gasteiger partial charge on any atom is 0.276 e. The number of rotatable bonds is 3. The van der Waals surface area contributed by atoms with Crippen molar-refractivity contribution in [1.29, 1.82) is 0 Å². The molecule has 3 aromatic rings. The first-order chi connectivity index (χ1) is 16.5. The molecule has 2 N–H and O–H groups in total. The molecule has 7 nitrogen and oxygen atoms in total. The molecule has 7 rings (SSSR count). The minimum Gasteiger partial charge on any atom is -0.393 e. The number of pyridine rings is 1. The van der Waals surface area contributed by atoms with Crippen molar-refractivity contribution in [1.82, 2.24) is 19.8 Å². The van der Waals surface area contributed by atoms with Gasteiger partial charge in [-0.05, 0) is 79.0 Å². The standard InChI is InChI=1S/C19H17ClN4O2S.C6H10O/c20-17-15-8-13(11-1-2-11)7-14(12-3-6-27-10-12)24(15)22-18(17)19(26)23-5-4-21-16(25)9-23;7-6-2-1-4-3-5(4)6/h3,6-8,10-11H,1-2,4-5,9H2,(H,21,25);4-7H,1-3H2. The normalized spacial score (nSPS) is 25.5. The molecule has 1 saturated heterocycles. The van der Waals surface area contributed by atoms with Gasteiger partial charge in [-0.25, -0.2) is 4.52 Å². The molecule has 34 heavy (non-hydrogen) atoms. The van der Waals surface area contributed by atoms with Gasteiger partial charge in [0, 0.05) is 24.0 Å². The lowest BCUT2D eigenvalue weighted by Gasteiger charge is -2.25. The zero-order valence-electron chi connectivity index (χ0n) is 18.7. The van der Waals surface area contributed by atoms with Crippen LogP contribution in [0.5, 0.6) is 0 Å². The highest BCUT2D eigenvalue weighted by Gasteiger charge is 2.47. The summed E-state index contributed by atoms with van der Waals surface area (Å²) in [4.78, 5) is 26.1. The molecule has 3 atom stereocenters. The lowest BCUT2D eigenvalue weighted by atomic mass is 10.1. The first kappa shape index (κ1) is 22.1. The van der Waals surface area contributed by atoms with Crippen molar-refractivity contribution in [2.45, 2.75) is 44.1 Å². The second-order valence-corrected chi connectivity index (χ2v) is 11.0. The van der Waals surface area contributed by atoms with Crippen LogP contribution < -0.4 is 5.32 Å². The number of halogens is 1. The molecule has 3 unspecified atom stereocenters. The number of carbonyl (C=O) groups excluding carboxylic acids is 2. The van der Waals surface area contributed by atoms with Gasteiger partial charge in [-0.15, -0.1) is 0 Å². The molecule has 0 aromatic carbocycles. The van der Waals surface area contributed by atoms with Crippen molar-refractivity contribution in [2.24, 2.45) is 11.8 Å². The summed E-state index contributed by atoms with van der Waals surface area (Å²) in [7, 11) is 0. The molecule has 1 aliphatic heterocycles. The number of aromatic nitrogens is 2. The van der Waals surface area contributed by atoms with E-state index >= 15 is 0 Å². The summed E-state index contributed by atoms with van der Waals surface area (Å²) in [6.45, 7) is 0.939. The smallest absolute Gasteiger partial charge is 0.276 e. The van der Waals surface area contributed by atoms with Gasteiger partial charge in [0.25, 0.3) is 5.91 Å². The van der Waals surface area contributed by atoms with Gasteiger partial charge in [0.1, 0.15) is 0 Å². The van der Waals surface area contributed by atoms with Gasteiger partial charge in [-0.3, -0.25) is 9.59 Å². The lowest BCUT2D eigenvalue weighted by molar-refractivity contribution is -0.123. The molecule has 4 fully saturated rings. The maximum atomic E-state index is 13.0. The summed E-state index contributed by atoms with van der Waals surface area (Å²) < 4.78 is 1.76. The van der Waals surface area contributed by atoms with Crippen molar-refractivity contribution in [3.8, 4) is 11.3 Å². The number of carbonyl (C=O) groups is 2. The number of nitrogens with one attached hydrogen (secondary N) is 1. The van der Waals surface area contributed by atoms with Crippen LogP contribution in [0.2, 0.25) is 5.02 Å². The predicted octanol–water partition coefficient (Wildman–Crippen LogP) is 3.94. The SMILES string of the molecule is O=C1CN(C(=O)c2nn3c(-c4ccsc4)cc(C4CC4)cc3c2Cl)CCN1.OC1CCC2CC12. The fraction of sp³-hybridized carbons (Fsp3) is 0.480. The van der Waals surface area contributed by atoms with E-state index in [1.54, 1.807) is 15.9 Å². The summed E-state index contributed by atoms with van der Waals surface area (Å²) in [5, 5.41) is 20.8. The number of fused-ring (bicyclic) bond motifs is 2. The zero-order valence-corrected chi connectivity index (χ0v) is 20.3. The number of aliphatic hydroxyl groups is 1. The Kier molecular flexibility index (Phi) is 5.62. The second-order valence-electron chi connectivity index (χ2n) is 9.80. The largest absolute Gasteiger partial charge is 0.393 e. The Morgan fingerprint density at radius 3 is 2.68 bits per heavy atom. The molecule has 4 heterocycles. The number of thiophene rings is 1. The average molecular weight is 499 g/mol. The number of hydrogen-bond donors (Lipinski definition) is 2. The molecule has 3 aromatic heterocycles. The van der Waals surface area contributed by atoms with Crippen molar-refractivity contribution in [3.05, 3.63) is 45.2 Å². The third-order valence-corrected chi connectivity index (χ3v) is 8.45. The van der Waals surface area contributed by atoms with Crippen LogP contribution in [0.1, 0.15) is 54.1 Å². The van der Waals surface area contributed by atoms with Gasteiger partial charge in [0.15, 0.2) is 5.69 Å². The summed E-state index contributed by atoms with van der Waals surface area (Å²) in [5.74, 6) is 1.77. The van der Waals surface area contributed by atoms with Crippen molar-refractivity contribution in [3.63, 3.8) is 0 Å². The summed E-state index contributed by atoms with van der Waals surface area (Å²) in [6, 6.07) is 6.24. The Morgan fingerprint density at radius 1 is 1.24 bits per heavy atom. The molecule has 4 aliphatic rings. The van der Waals surface area contributed by atoms with Crippen molar-refractivity contribution >= 4 is 40.3 Å². The van der Waals surface area contributed by atoms with Crippen LogP contribution in [0.25, 0.3) is 16.8 Å². The van der Waals surface area contributed by atoms with Crippen molar-refractivity contribution in [2.75, 3.05) is 19.6 Å². The summed E-state index contributed by atoms with van der Waals surface area (Å²) in [5.41, 5.74) is 4.18. The minimum atomic E-state index is -0.303. The van der Waals surface area contributed by atoms with Gasteiger partial charge >= 0.3 is 0 Å². The van der Waals surface area contributed by atoms with Gasteiger partial charge in [-0.1, -0.05) is 11.6 Å². The zero-order chi connectivity index (χ0) is 23.4. The monoisotopic (exact) mass is 498 g/mol. The van der Waals surface area contributed by atoms with E-state index in [2.05, 4.69) is 21.9 Å². The molecular formula is C25H27ClN4O3S. The highest BCUT2D eigenvalue weighted by Crippen LogP contribution is 2.51. The topological polar surface area (TPSA) is 86.9 Å². The third-order valence-electron chi connectivity index (χ3n) is 7.39.